The lowest BCUT2D eigenvalue weighted by atomic mass is 10.1. The average Bonchev–Trinajstić information content (AvgIpc) is 2.37. The minimum atomic E-state index is 0.284. The Labute approximate surface area is 122 Å². The lowest BCUT2D eigenvalue weighted by Crippen LogP contribution is -2.00. The van der Waals surface area contributed by atoms with E-state index in [2.05, 4.69) is 52.7 Å². The number of hydrogen-bond acceptors (Lipinski definition) is 3. The number of aryl methyl sites for hydroxylation is 1. The van der Waals surface area contributed by atoms with Crippen LogP contribution in [0.25, 0.3) is 11.3 Å². The van der Waals surface area contributed by atoms with Gasteiger partial charge in [0.05, 0.1) is 12.8 Å². The molecule has 0 amide bonds. The fraction of sp³-hybridized carbons (Fsp3) is 0.333. The fourth-order valence-corrected chi connectivity index (χ4v) is 2.25. The van der Waals surface area contributed by atoms with Crippen LogP contribution in [0, 0.1) is 6.92 Å². The van der Waals surface area contributed by atoms with Crippen molar-refractivity contribution in [3.05, 3.63) is 40.3 Å². The molecule has 19 heavy (non-hydrogen) atoms. The highest BCUT2D eigenvalue weighted by molar-refractivity contribution is 9.10. The molecule has 1 aromatic heterocycles. The van der Waals surface area contributed by atoms with Crippen molar-refractivity contribution < 1.29 is 4.74 Å². The number of nitrogens with zero attached hydrogens (tertiary/aromatic N) is 2. The van der Waals surface area contributed by atoms with E-state index in [9.17, 15) is 0 Å². The van der Waals surface area contributed by atoms with E-state index in [0.29, 0.717) is 0 Å². The van der Waals surface area contributed by atoms with E-state index in [1.165, 1.54) is 5.56 Å². The molecule has 0 unspecified atom stereocenters. The van der Waals surface area contributed by atoms with Crippen LogP contribution in [0.1, 0.15) is 31.2 Å². The third-order valence-electron chi connectivity index (χ3n) is 2.86. The Bertz CT molecular complexity index is 597. The highest BCUT2D eigenvalue weighted by atomic mass is 79.9. The van der Waals surface area contributed by atoms with E-state index < -0.39 is 0 Å². The molecule has 1 heterocycles. The average molecular weight is 321 g/mol. The summed E-state index contributed by atoms with van der Waals surface area (Å²) in [5.41, 5.74) is 3.05. The number of methoxy groups -OCH3 is 1. The topological polar surface area (TPSA) is 35.0 Å². The molecule has 0 aliphatic carbocycles. The third kappa shape index (κ3) is 3.13. The van der Waals surface area contributed by atoms with Gasteiger partial charge in [0.15, 0.2) is 0 Å². The maximum absolute atomic E-state index is 5.42. The molecule has 3 nitrogen and oxygen atoms in total. The molecule has 100 valence electrons. The highest BCUT2D eigenvalue weighted by Gasteiger charge is 2.12. The normalized spacial score (nSPS) is 10.8. The van der Waals surface area contributed by atoms with Crippen molar-refractivity contribution in [2.45, 2.75) is 26.7 Å². The molecule has 0 spiro atoms. The van der Waals surface area contributed by atoms with Crippen LogP contribution in [-0.2, 0) is 0 Å². The van der Waals surface area contributed by atoms with Gasteiger partial charge in [-0.25, -0.2) is 9.97 Å². The first-order chi connectivity index (χ1) is 9.01. The predicted octanol–water partition coefficient (Wildman–Crippen LogP) is 4.35. The van der Waals surface area contributed by atoms with Crippen LogP contribution in [0.15, 0.2) is 28.9 Å². The maximum atomic E-state index is 5.42. The van der Waals surface area contributed by atoms with Gasteiger partial charge in [0.2, 0.25) is 0 Å². The Hall–Kier alpha value is -1.42. The van der Waals surface area contributed by atoms with Crippen LogP contribution in [-0.4, -0.2) is 17.1 Å². The zero-order valence-corrected chi connectivity index (χ0v) is 13.2. The number of hydrogen-bond donors (Lipinski definition) is 0. The summed E-state index contributed by atoms with van der Waals surface area (Å²) in [6.45, 7) is 6.22. The minimum Gasteiger partial charge on any atom is -0.496 e. The van der Waals surface area contributed by atoms with E-state index in [4.69, 9.17) is 4.74 Å². The molecule has 4 heteroatoms. The van der Waals surface area contributed by atoms with Crippen LogP contribution in [0.2, 0.25) is 0 Å². The lowest BCUT2D eigenvalue weighted by molar-refractivity contribution is 0.416. The van der Waals surface area contributed by atoms with E-state index in [1.807, 2.05) is 18.2 Å². The summed E-state index contributed by atoms with van der Waals surface area (Å²) < 4.78 is 6.22. The Balaban J connectivity index is 2.61. The second kappa shape index (κ2) is 5.70. The van der Waals surface area contributed by atoms with Crippen LogP contribution in [0.5, 0.6) is 5.75 Å². The second-order valence-corrected chi connectivity index (χ2v) is 5.61. The molecule has 0 aliphatic heterocycles. The van der Waals surface area contributed by atoms with Crippen LogP contribution in [0.4, 0.5) is 0 Å². The third-order valence-corrected chi connectivity index (χ3v) is 3.27. The molecule has 0 bridgehead atoms. The van der Waals surface area contributed by atoms with Crippen molar-refractivity contribution in [2.75, 3.05) is 7.11 Å². The van der Waals surface area contributed by atoms with Crippen LogP contribution in [0.3, 0.4) is 0 Å². The molecule has 0 radical (unpaired) electrons. The van der Waals surface area contributed by atoms with Gasteiger partial charge >= 0.3 is 0 Å². The highest BCUT2D eigenvalue weighted by Crippen LogP contribution is 2.31. The molecule has 0 atom stereocenters. The molecule has 0 saturated carbocycles. The van der Waals surface area contributed by atoms with E-state index >= 15 is 0 Å². The smallest absolute Gasteiger partial charge is 0.132 e. The molecule has 0 fully saturated rings. The van der Waals surface area contributed by atoms with Crippen LogP contribution >= 0.6 is 15.9 Å². The van der Waals surface area contributed by atoms with Crippen molar-refractivity contribution in [3.63, 3.8) is 0 Å². The van der Waals surface area contributed by atoms with Gasteiger partial charge < -0.3 is 4.74 Å². The quantitative estimate of drug-likeness (QED) is 0.789. The molecule has 2 rings (SSSR count). The molecule has 0 aliphatic rings. The van der Waals surface area contributed by atoms with E-state index in [0.717, 1.165) is 27.4 Å². The molecule has 0 saturated heterocycles. The number of halogens is 1. The van der Waals surface area contributed by atoms with Gasteiger partial charge in [-0.3, -0.25) is 0 Å². The number of ether oxygens (including phenoxy) is 1. The summed E-state index contributed by atoms with van der Waals surface area (Å²) in [6, 6.07) is 8.00. The van der Waals surface area contributed by atoms with Crippen molar-refractivity contribution in [1.29, 1.82) is 0 Å². The van der Waals surface area contributed by atoms with Gasteiger partial charge in [-0.1, -0.05) is 25.5 Å². The van der Waals surface area contributed by atoms with Crippen molar-refractivity contribution in [2.24, 2.45) is 0 Å². The van der Waals surface area contributed by atoms with Gasteiger partial charge in [-0.05, 0) is 41.1 Å². The van der Waals surface area contributed by atoms with Crippen molar-refractivity contribution in [1.82, 2.24) is 9.97 Å². The second-order valence-electron chi connectivity index (χ2n) is 4.79. The Morgan fingerprint density at radius 3 is 2.53 bits per heavy atom. The first-order valence-corrected chi connectivity index (χ1v) is 7.00. The molecule has 0 N–H and O–H groups in total. The molecular formula is C15H17BrN2O. The zero-order valence-electron chi connectivity index (χ0n) is 11.6. The SMILES string of the molecule is COc1ccc(C)cc1-c1cc(Br)nc(C(C)C)n1. The summed E-state index contributed by atoms with van der Waals surface area (Å²) in [7, 11) is 1.67. The Morgan fingerprint density at radius 2 is 1.89 bits per heavy atom. The number of aromatic nitrogens is 2. The van der Waals surface area contributed by atoms with E-state index in [1.54, 1.807) is 7.11 Å². The molecule has 2 aromatic rings. The summed E-state index contributed by atoms with van der Waals surface area (Å²) in [6.07, 6.45) is 0. The van der Waals surface area contributed by atoms with Gasteiger partial charge in [0.1, 0.15) is 16.2 Å². The monoisotopic (exact) mass is 320 g/mol. The van der Waals surface area contributed by atoms with E-state index in [-0.39, 0.29) is 5.92 Å². The first kappa shape index (κ1) is 14.0. The minimum absolute atomic E-state index is 0.284. The Kier molecular flexibility index (Phi) is 4.20. The van der Waals surface area contributed by atoms with Gasteiger partial charge in [0.25, 0.3) is 0 Å². The summed E-state index contributed by atoms with van der Waals surface area (Å²) in [5, 5.41) is 0. The molecule has 1 aromatic carbocycles. The standard InChI is InChI=1S/C15H17BrN2O/c1-9(2)15-17-12(8-14(16)18-15)11-7-10(3)5-6-13(11)19-4/h5-9H,1-4H3. The predicted molar refractivity (Wildman–Crippen MR) is 80.5 cm³/mol. The number of rotatable bonds is 3. The van der Waals surface area contributed by atoms with Crippen molar-refractivity contribution in [3.8, 4) is 17.0 Å². The van der Waals surface area contributed by atoms with Crippen LogP contribution < -0.4 is 4.74 Å². The number of benzene rings is 1. The van der Waals surface area contributed by atoms with Gasteiger partial charge in [-0.2, -0.15) is 0 Å². The lowest BCUT2D eigenvalue weighted by Gasteiger charge is -2.11. The Morgan fingerprint density at radius 1 is 1.16 bits per heavy atom. The van der Waals surface area contributed by atoms with Crippen molar-refractivity contribution >= 4 is 15.9 Å². The zero-order chi connectivity index (χ0) is 14.0. The summed E-state index contributed by atoms with van der Waals surface area (Å²) in [4.78, 5) is 9.03. The summed E-state index contributed by atoms with van der Waals surface area (Å²) in [5.74, 6) is 1.94. The maximum Gasteiger partial charge on any atom is 0.132 e. The van der Waals surface area contributed by atoms with Gasteiger partial charge in [0, 0.05) is 11.5 Å². The largest absolute Gasteiger partial charge is 0.496 e. The first-order valence-electron chi connectivity index (χ1n) is 6.20. The fourth-order valence-electron chi connectivity index (χ4n) is 1.85. The molecular weight excluding hydrogens is 304 g/mol. The van der Waals surface area contributed by atoms with Gasteiger partial charge in [-0.15, -0.1) is 0 Å². The summed E-state index contributed by atoms with van der Waals surface area (Å²) >= 11 is 3.45.